The Hall–Kier alpha value is 3.10. The van der Waals surface area contributed by atoms with Gasteiger partial charge < -0.3 is 5.48 Å². The topological polar surface area (TPSA) is 31.5 Å². The summed E-state index contributed by atoms with van der Waals surface area (Å²) in [6, 6.07) is 0. The summed E-state index contributed by atoms with van der Waals surface area (Å²) in [5.74, 6) is 0. The van der Waals surface area contributed by atoms with Crippen LogP contribution in [0.2, 0.25) is 0 Å². The molecule has 0 aromatic rings. The molecule has 0 amide bonds. The molecular weight excluding hydrogens is 358 g/mol. The van der Waals surface area contributed by atoms with Crippen molar-refractivity contribution >= 4 is 17.4 Å². The molecule has 0 atom stereocenters. The fraction of sp³-hybridized carbons (Fsp3) is 0. The Morgan fingerprint density at radius 2 is 1.00 bits per heavy atom. The molecule has 0 rings (SSSR count). The maximum absolute atomic E-state index is 0. The third-order valence-corrected chi connectivity index (χ3v) is 0. The first-order chi connectivity index (χ1) is 0. The Labute approximate surface area is 98.9 Å². The van der Waals surface area contributed by atoms with Crippen LogP contribution in [0, 0.1) is 78.6 Å². The largest absolute Gasteiger partial charge is 0.412 e. The van der Waals surface area contributed by atoms with Crippen LogP contribution in [0.1, 0.15) is 0 Å². The SMILES string of the molecule is O.[Al].[Ce].[Lu]. The minimum Gasteiger partial charge on any atom is -0.412 e. The van der Waals surface area contributed by atoms with Crippen molar-refractivity contribution < 1.29 is 84.1 Å². The van der Waals surface area contributed by atoms with E-state index < -0.39 is 0 Å². The second-order valence-electron chi connectivity index (χ2n) is 0. The first-order valence-corrected chi connectivity index (χ1v) is 0. The third kappa shape index (κ3) is 8.92. The zero-order chi connectivity index (χ0) is 0. The number of hydrogen-bond acceptors (Lipinski definition) is 0. The number of hydrogen-bond donors (Lipinski definition) is 0. The van der Waals surface area contributed by atoms with Gasteiger partial charge in [0.15, 0.2) is 0 Å². The zero-order valence-electron chi connectivity index (χ0n) is 1.84. The van der Waals surface area contributed by atoms with Gasteiger partial charge in [0.2, 0.25) is 0 Å². The molecule has 4 radical (unpaired) electrons. The summed E-state index contributed by atoms with van der Waals surface area (Å²) in [7, 11) is 0. The van der Waals surface area contributed by atoms with Crippen LogP contribution in [0.3, 0.4) is 0 Å². The molecule has 0 aromatic carbocycles. The van der Waals surface area contributed by atoms with Crippen molar-refractivity contribution in [1.82, 2.24) is 0 Å². The second kappa shape index (κ2) is 16.5. The molecular formula is H2AlCeLuO. The molecule has 1 nitrogen and oxygen atoms in total. The van der Waals surface area contributed by atoms with Crippen LogP contribution in [0.4, 0.5) is 0 Å². The summed E-state index contributed by atoms with van der Waals surface area (Å²) < 4.78 is 0. The van der Waals surface area contributed by atoms with Gasteiger partial charge in [-0.15, -0.1) is 0 Å². The van der Waals surface area contributed by atoms with Crippen LogP contribution in [0.25, 0.3) is 0 Å². The average Bonchev–Trinajstić information content (AvgIpc) is 0. The molecule has 4 heavy (non-hydrogen) atoms. The molecule has 0 saturated heterocycles. The normalized spacial score (nSPS) is 0. The molecule has 2 N–H and O–H groups in total. The van der Waals surface area contributed by atoms with E-state index >= 15 is 0 Å². The third-order valence-electron chi connectivity index (χ3n) is 0. The van der Waals surface area contributed by atoms with Crippen molar-refractivity contribution in [2.45, 2.75) is 0 Å². The molecule has 0 bridgehead atoms. The fourth-order valence-electron chi connectivity index (χ4n) is 0. The van der Waals surface area contributed by atoms with Gasteiger partial charge in [0, 0.05) is 96.0 Å². The van der Waals surface area contributed by atoms with Crippen LogP contribution < -0.4 is 0 Å². The molecule has 0 spiro atoms. The maximum atomic E-state index is 0. The van der Waals surface area contributed by atoms with Gasteiger partial charge in [-0.1, -0.05) is 0 Å². The summed E-state index contributed by atoms with van der Waals surface area (Å²) in [6.45, 7) is 0. The van der Waals surface area contributed by atoms with Gasteiger partial charge in [-0.25, -0.2) is 0 Å². The van der Waals surface area contributed by atoms with E-state index in [0.717, 1.165) is 0 Å². The Morgan fingerprint density at radius 3 is 1.00 bits per heavy atom. The summed E-state index contributed by atoms with van der Waals surface area (Å²) in [5, 5.41) is 0. The molecule has 0 unspecified atom stereocenters. The summed E-state index contributed by atoms with van der Waals surface area (Å²) in [6.07, 6.45) is 0. The first-order valence-electron chi connectivity index (χ1n) is 0. The Balaban J connectivity index is 0. The van der Waals surface area contributed by atoms with E-state index in [1.54, 1.807) is 0 Å². The molecule has 0 aromatic heterocycles. The van der Waals surface area contributed by atoms with Crippen molar-refractivity contribution in [3.8, 4) is 0 Å². The van der Waals surface area contributed by atoms with Gasteiger partial charge in [-0.2, -0.15) is 0 Å². The van der Waals surface area contributed by atoms with Crippen molar-refractivity contribution in [2.24, 2.45) is 0 Å². The summed E-state index contributed by atoms with van der Waals surface area (Å²) >= 11 is 0. The van der Waals surface area contributed by atoms with Crippen molar-refractivity contribution in [3.63, 3.8) is 0 Å². The summed E-state index contributed by atoms with van der Waals surface area (Å²) in [5.41, 5.74) is 0. The van der Waals surface area contributed by atoms with E-state index in [0.29, 0.717) is 0 Å². The van der Waals surface area contributed by atoms with E-state index in [2.05, 4.69) is 0 Å². The van der Waals surface area contributed by atoms with Crippen molar-refractivity contribution in [1.29, 1.82) is 0 Å². The Bertz CT molecular complexity index is 8.00. The minimum atomic E-state index is 0. The standard InChI is InChI=1S/Al.Ce.Lu.H2O/h;;;1H2. The Morgan fingerprint density at radius 1 is 1.00 bits per heavy atom. The second-order valence-corrected chi connectivity index (χ2v) is 0. The monoisotopic (exact) mass is 360 g/mol. The first kappa shape index (κ1) is 27.5. The average molecular weight is 360 g/mol. The van der Waals surface area contributed by atoms with E-state index in [1.165, 1.54) is 0 Å². The van der Waals surface area contributed by atoms with Crippen molar-refractivity contribution in [2.75, 3.05) is 0 Å². The fourth-order valence-corrected chi connectivity index (χ4v) is 0. The molecule has 0 aliphatic rings. The molecule has 0 fully saturated rings. The predicted octanol–water partition coefficient (Wildman–Crippen LogP) is -1.21. The molecule has 0 aliphatic carbocycles. The van der Waals surface area contributed by atoms with Crippen LogP contribution in [-0.4, -0.2) is 22.8 Å². The predicted molar refractivity (Wildman–Crippen MR) is 9.37 cm³/mol. The van der Waals surface area contributed by atoms with Crippen molar-refractivity contribution in [3.05, 3.63) is 0 Å². The van der Waals surface area contributed by atoms with Crippen LogP contribution >= 0.6 is 0 Å². The number of rotatable bonds is 0. The van der Waals surface area contributed by atoms with Gasteiger partial charge in [0.25, 0.3) is 0 Å². The molecule has 4 heteroatoms. The summed E-state index contributed by atoms with van der Waals surface area (Å²) in [4.78, 5) is 0. The van der Waals surface area contributed by atoms with Gasteiger partial charge in [0.05, 0.1) is 0 Å². The molecule has 30 valence electrons. The van der Waals surface area contributed by atoms with Gasteiger partial charge in [-0.3, -0.25) is 0 Å². The van der Waals surface area contributed by atoms with Gasteiger partial charge in [0.1, 0.15) is 0 Å². The van der Waals surface area contributed by atoms with Crippen LogP contribution in [-0.2, 0) is 0 Å². The van der Waals surface area contributed by atoms with E-state index in [1.807, 2.05) is 0 Å². The van der Waals surface area contributed by atoms with E-state index in [-0.39, 0.29) is 101 Å². The van der Waals surface area contributed by atoms with Gasteiger partial charge >= 0.3 is 0 Å². The minimum absolute atomic E-state index is 0. The van der Waals surface area contributed by atoms with Crippen LogP contribution in [0.5, 0.6) is 0 Å². The molecule has 0 heterocycles. The van der Waals surface area contributed by atoms with Gasteiger partial charge in [-0.05, 0) is 0 Å². The zero-order valence-corrected chi connectivity index (χ0v) is 7.79. The Kier molecular flexibility index (Phi) is 113. The van der Waals surface area contributed by atoms with E-state index in [4.69, 9.17) is 0 Å². The molecule has 0 aliphatic heterocycles. The maximum Gasteiger partial charge on any atom is 0 e. The smallest absolute Gasteiger partial charge is 0 e. The molecule has 0 saturated carbocycles. The van der Waals surface area contributed by atoms with Crippen LogP contribution in [0.15, 0.2) is 0 Å². The van der Waals surface area contributed by atoms with E-state index in [9.17, 15) is 0 Å². The quantitative estimate of drug-likeness (QED) is 0.486.